The van der Waals surface area contributed by atoms with Gasteiger partial charge in [-0.3, -0.25) is 0 Å². The molecular formula is C14H11BrF2O2. The van der Waals surface area contributed by atoms with Gasteiger partial charge in [0.2, 0.25) is 0 Å². The van der Waals surface area contributed by atoms with E-state index in [4.69, 9.17) is 4.74 Å². The van der Waals surface area contributed by atoms with Gasteiger partial charge in [-0.15, -0.1) is 0 Å². The normalized spacial score (nSPS) is 12.3. The lowest BCUT2D eigenvalue weighted by molar-refractivity contribution is 0.204. The van der Waals surface area contributed by atoms with E-state index >= 15 is 0 Å². The molecule has 2 rings (SSSR count). The topological polar surface area (TPSA) is 29.5 Å². The average molecular weight is 329 g/mol. The van der Waals surface area contributed by atoms with Crippen molar-refractivity contribution < 1.29 is 18.6 Å². The second-order valence-corrected chi connectivity index (χ2v) is 4.76. The molecular weight excluding hydrogens is 318 g/mol. The van der Waals surface area contributed by atoms with Crippen molar-refractivity contribution in [2.24, 2.45) is 0 Å². The van der Waals surface area contributed by atoms with Crippen LogP contribution in [0.3, 0.4) is 0 Å². The molecule has 100 valence electrons. The Morgan fingerprint density at radius 3 is 2.53 bits per heavy atom. The Bertz CT molecular complexity index is 602. The van der Waals surface area contributed by atoms with Gasteiger partial charge in [0.1, 0.15) is 23.5 Å². The Morgan fingerprint density at radius 1 is 1.16 bits per heavy atom. The molecule has 2 aromatic carbocycles. The Kier molecular flexibility index (Phi) is 4.17. The summed E-state index contributed by atoms with van der Waals surface area (Å²) in [7, 11) is 1.36. The largest absolute Gasteiger partial charge is 0.496 e. The summed E-state index contributed by atoms with van der Waals surface area (Å²) >= 11 is 3.03. The molecule has 0 heterocycles. The summed E-state index contributed by atoms with van der Waals surface area (Å²) in [6, 6.07) is 8.63. The summed E-state index contributed by atoms with van der Waals surface area (Å²) in [6.45, 7) is 0. The maximum atomic E-state index is 13.9. The maximum absolute atomic E-state index is 13.9. The fraction of sp³-hybridized carbons (Fsp3) is 0.143. The van der Waals surface area contributed by atoms with Crippen LogP contribution in [0.15, 0.2) is 40.9 Å². The molecule has 0 saturated carbocycles. The van der Waals surface area contributed by atoms with Crippen molar-refractivity contribution in [2.75, 3.05) is 7.11 Å². The lowest BCUT2D eigenvalue weighted by Gasteiger charge is -2.16. The maximum Gasteiger partial charge on any atom is 0.143 e. The summed E-state index contributed by atoms with van der Waals surface area (Å²) in [6.07, 6.45) is -1.44. The summed E-state index contributed by atoms with van der Waals surface area (Å²) in [4.78, 5) is 0. The first kappa shape index (κ1) is 14.0. The van der Waals surface area contributed by atoms with Gasteiger partial charge in [-0.05, 0) is 34.1 Å². The van der Waals surface area contributed by atoms with Crippen molar-refractivity contribution in [2.45, 2.75) is 6.10 Å². The van der Waals surface area contributed by atoms with Crippen LogP contribution in [0.1, 0.15) is 17.2 Å². The fourth-order valence-electron chi connectivity index (χ4n) is 1.85. The second-order valence-electron chi connectivity index (χ2n) is 3.90. The van der Waals surface area contributed by atoms with E-state index in [-0.39, 0.29) is 21.3 Å². The first-order valence-corrected chi connectivity index (χ1v) is 6.30. The van der Waals surface area contributed by atoms with Crippen LogP contribution in [0.5, 0.6) is 5.75 Å². The van der Waals surface area contributed by atoms with Crippen molar-refractivity contribution in [1.29, 1.82) is 0 Å². The van der Waals surface area contributed by atoms with Crippen LogP contribution in [0.25, 0.3) is 0 Å². The number of halogens is 3. The first-order chi connectivity index (χ1) is 9.06. The van der Waals surface area contributed by atoms with E-state index in [0.717, 1.165) is 0 Å². The van der Waals surface area contributed by atoms with Gasteiger partial charge in [0.05, 0.1) is 17.1 Å². The smallest absolute Gasteiger partial charge is 0.143 e. The van der Waals surface area contributed by atoms with Gasteiger partial charge in [-0.2, -0.15) is 0 Å². The van der Waals surface area contributed by atoms with E-state index in [1.807, 2.05) is 0 Å². The zero-order valence-electron chi connectivity index (χ0n) is 10.0. The number of aliphatic hydroxyl groups excluding tert-OH is 1. The van der Waals surface area contributed by atoms with Crippen molar-refractivity contribution in [1.82, 2.24) is 0 Å². The number of aliphatic hydroxyl groups is 1. The standard InChI is InChI=1S/C14H11BrF2O2/c1-19-11-7-3-6-10(16)12(11)14(18)8-4-2-5-9(15)13(8)17/h2-7,14,18H,1H3. The molecule has 1 N–H and O–H groups in total. The fourth-order valence-corrected chi connectivity index (χ4v) is 2.23. The summed E-state index contributed by atoms with van der Waals surface area (Å²) < 4.78 is 33.0. The Labute approximate surface area is 117 Å². The van der Waals surface area contributed by atoms with Gasteiger partial charge in [0.15, 0.2) is 0 Å². The SMILES string of the molecule is COc1cccc(F)c1C(O)c1cccc(Br)c1F. The lowest BCUT2D eigenvalue weighted by Crippen LogP contribution is -2.07. The third-order valence-electron chi connectivity index (χ3n) is 2.78. The highest BCUT2D eigenvalue weighted by Crippen LogP contribution is 2.34. The number of methoxy groups -OCH3 is 1. The molecule has 1 unspecified atom stereocenters. The zero-order valence-corrected chi connectivity index (χ0v) is 11.6. The number of hydrogen-bond acceptors (Lipinski definition) is 2. The summed E-state index contributed by atoms with van der Waals surface area (Å²) in [5.41, 5.74) is -0.0974. The molecule has 1 atom stereocenters. The van der Waals surface area contributed by atoms with Crippen LogP contribution in [0.4, 0.5) is 8.78 Å². The van der Waals surface area contributed by atoms with Crippen LogP contribution in [0.2, 0.25) is 0 Å². The van der Waals surface area contributed by atoms with Gasteiger partial charge in [-0.1, -0.05) is 18.2 Å². The van der Waals surface area contributed by atoms with E-state index in [1.165, 1.54) is 37.4 Å². The molecule has 2 aromatic rings. The predicted octanol–water partition coefficient (Wildman–Crippen LogP) is 3.82. The minimum Gasteiger partial charge on any atom is -0.496 e. The van der Waals surface area contributed by atoms with E-state index < -0.39 is 17.7 Å². The third-order valence-corrected chi connectivity index (χ3v) is 3.39. The molecule has 0 fully saturated rings. The monoisotopic (exact) mass is 328 g/mol. The van der Waals surface area contributed by atoms with Crippen LogP contribution < -0.4 is 4.74 Å². The average Bonchev–Trinajstić information content (AvgIpc) is 2.40. The van der Waals surface area contributed by atoms with Gasteiger partial charge in [-0.25, -0.2) is 8.78 Å². The number of ether oxygens (including phenoxy) is 1. The van der Waals surface area contributed by atoms with Crippen LogP contribution in [-0.2, 0) is 0 Å². The van der Waals surface area contributed by atoms with Crippen molar-refractivity contribution in [3.8, 4) is 5.75 Å². The van der Waals surface area contributed by atoms with Crippen molar-refractivity contribution >= 4 is 15.9 Å². The van der Waals surface area contributed by atoms with E-state index in [2.05, 4.69) is 15.9 Å². The molecule has 5 heteroatoms. The molecule has 0 amide bonds. The van der Waals surface area contributed by atoms with Crippen LogP contribution in [0, 0.1) is 11.6 Å². The first-order valence-electron chi connectivity index (χ1n) is 5.50. The number of benzene rings is 2. The molecule has 0 aliphatic rings. The molecule has 0 saturated heterocycles. The molecule has 0 aliphatic carbocycles. The minimum absolute atomic E-state index is 0.0159. The highest BCUT2D eigenvalue weighted by Gasteiger charge is 2.23. The highest BCUT2D eigenvalue weighted by atomic mass is 79.9. The molecule has 0 aliphatic heterocycles. The predicted molar refractivity (Wildman–Crippen MR) is 71.1 cm³/mol. The summed E-state index contributed by atoms with van der Waals surface area (Å²) in [5, 5.41) is 10.2. The van der Waals surface area contributed by atoms with Crippen molar-refractivity contribution in [3.05, 3.63) is 63.6 Å². The lowest BCUT2D eigenvalue weighted by atomic mass is 9.99. The van der Waals surface area contributed by atoms with Crippen molar-refractivity contribution in [3.63, 3.8) is 0 Å². The minimum atomic E-state index is -1.44. The summed E-state index contributed by atoms with van der Waals surface area (Å²) in [5.74, 6) is -1.10. The number of hydrogen-bond donors (Lipinski definition) is 1. The zero-order chi connectivity index (χ0) is 14.0. The second kappa shape index (κ2) is 5.67. The Morgan fingerprint density at radius 2 is 1.84 bits per heavy atom. The molecule has 0 aromatic heterocycles. The van der Waals surface area contributed by atoms with E-state index in [1.54, 1.807) is 6.07 Å². The Balaban J connectivity index is 2.56. The molecule has 0 radical (unpaired) electrons. The Hall–Kier alpha value is -1.46. The van der Waals surface area contributed by atoms with Crippen LogP contribution in [-0.4, -0.2) is 12.2 Å². The molecule has 2 nitrogen and oxygen atoms in total. The van der Waals surface area contributed by atoms with E-state index in [0.29, 0.717) is 0 Å². The molecule has 19 heavy (non-hydrogen) atoms. The number of rotatable bonds is 3. The van der Waals surface area contributed by atoms with Crippen LogP contribution >= 0.6 is 15.9 Å². The molecule has 0 bridgehead atoms. The third kappa shape index (κ3) is 2.62. The van der Waals surface area contributed by atoms with E-state index in [9.17, 15) is 13.9 Å². The van der Waals surface area contributed by atoms with Gasteiger partial charge in [0.25, 0.3) is 0 Å². The van der Waals surface area contributed by atoms with Gasteiger partial charge < -0.3 is 9.84 Å². The quantitative estimate of drug-likeness (QED) is 0.928. The molecule has 0 spiro atoms. The highest BCUT2D eigenvalue weighted by molar-refractivity contribution is 9.10. The van der Waals surface area contributed by atoms with Gasteiger partial charge in [0, 0.05) is 5.56 Å². The van der Waals surface area contributed by atoms with Gasteiger partial charge >= 0.3 is 0 Å².